The summed E-state index contributed by atoms with van der Waals surface area (Å²) in [5.41, 5.74) is 0. The largest absolute Gasteiger partial charge is 0.407 e. The summed E-state index contributed by atoms with van der Waals surface area (Å²) in [6, 6.07) is 0.411. The Kier molecular flexibility index (Phi) is 3.35. The maximum atomic E-state index is 11.0. The van der Waals surface area contributed by atoms with E-state index in [9.17, 15) is 4.79 Å². The third kappa shape index (κ3) is 2.69. The van der Waals surface area contributed by atoms with Crippen molar-refractivity contribution in [3.8, 4) is 0 Å². The van der Waals surface area contributed by atoms with Gasteiger partial charge >= 0.3 is 6.01 Å². The maximum Gasteiger partial charge on any atom is 0.315 e. The van der Waals surface area contributed by atoms with Gasteiger partial charge in [0.05, 0.1) is 12.6 Å². The van der Waals surface area contributed by atoms with E-state index in [2.05, 4.69) is 26.1 Å². The second-order valence-corrected chi connectivity index (χ2v) is 3.63. The lowest BCUT2D eigenvalue weighted by atomic mass is 10.3. The molecular weight excluding hydrogens is 210 g/mol. The number of carbonyl (C=O) groups excluding carboxylic acids is 1. The highest BCUT2D eigenvalue weighted by Gasteiger charge is 2.22. The van der Waals surface area contributed by atoms with Gasteiger partial charge in [-0.2, -0.15) is 0 Å². The molecule has 1 unspecified atom stereocenters. The highest BCUT2D eigenvalue weighted by atomic mass is 16.4. The van der Waals surface area contributed by atoms with E-state index < -0.39 is 0 Å². The van der Waals surface area contributed by atoms with Crippen molar-refractivity contribution in [1.82, 2.24) is 20.8 Å². The minimum absolute atomic E-state index is 0.0416. The molecule has 1 aliphatic heterocycles. The lowest BCUT2D eigenvalue weighted by molar-refractivity contribution is -0.119. The number of aromatic nitrogens is 2. The van der Waals surface area contributed by atoms with Gasteiger partial charge in [0.1, 0.15) is 0 Å². The number of carbonyl (C=O) groups is 1. The molecule has 1 aliphatic rings. The predicted octanol–water partition coefficient (Wildman–Crippen LogP) is -0.520. The van der Waals surface area contributed by atoms with E-state index in [1.165, 1.54) is 0 Å². The van der Waals surface area contributed by atoms with Crippen LogP contribution in [0.5, 0.6) is 0 Å². The zero-order valence-electron chi connectivity index (χ0n) is 9.12. The smallest absolute Gasteiger partial charge is 0.315 e. The topological polar surface area (TPSA) is 92.1 Å². The fourth-order valence-electron chi connectivity index (χ4n) is 1.50. The van der Waals surface area contributed by atoms with Gasteiger partial charge in [0, 0.05) is 13.0 Å². The Morgan fingerprint density at radius 3 is 3.12 bits per heavy atom. The van der Waals surface area contributed by atoms with Crippen molar-refractivity contribution in [2.45, 2.75) is 25.9 Å². The molecule has 88 valence electrons. The average Bonchev–Trinajstić information content (AvgIpc) is 2.86. The third-order valence-electron chi connectivity index (χ3n) is 2.30. The van der Waals surface area contributed by atoms with Crippen LogP contribution in [-0.2, 0) is 11.3 Å². The second-order valence-electron chi connectivity index (χ2n) is 3.63. The van der Waals surface area contributed by atoms with Crippen LogP contribution in [0.15, 0.2) is 4.42 Å². The van der Waals surface area contributed by atoms with Crippen molar-refractivity contribution in [2.24, 2.45) is 0 Å². The normalized spacial score (nSPS) is 19.8. The fourth-order valence-corrected chi connectivity index (χ4v) is 1.50. The summed E-state index contributed by atoms with van der Waals surface area (Å²) in [4.78, 5) is 11.0. The SMILES string of the molecule is CCNCc1nnc(NC2CNC(=O)C2)o1. The molecule has 1 aromatic heterocycles. The molecule has 1 saturated heterocycles. The van der Waals surface area contributed by atoms with Crippen molar-refractivity contribution in [3.63, 3.8) is 0 Å². The first kappa shape index (κ1) is 10.9. The maximum absolute atomic E-state index is 11.0. The Bertz CT molecular complexity index is 365. The molecule has 0 spiro atoms. The Morgan fingerprint density at radius 2 is 2.44 bits per heavy atom. The summed E-state index contributed by atoms with van der Waals surface area (Å²) in [5, 5.41) is 16.6. The second kappa shape index (κ2) is 4.93. The molecule has 7 nitrogen and oxygen atoms in total. The summed E-state index contributed by atoms with van der Waals surface area (Å²) in [5.74, 6) is 0.589. The van der Waals surface area contributed by atoms with Crippen molar-refractivity contribution < 1.29 is 9.21 Å². The highest BCUT2D eigenvalue weighted by molar-refractivity contribution is 5.79. The van der Waals surface area contributed by atoms with Gasteiger partial charge in [-0.1, -0.05) is 12.0 Å². The highest BCUT2D eigenvalue weighted by Crippen LogP contribution is 2.10. The molecule has 1 fully saturated rings. The van der Waals surface area contributed by atoms with E-state index in [4.69, 9.17) is 4.42 Å². The van der Waals surface area contributed by atoms with Crippen LogP contribution >= 0.6 is 0 Å². The standard InChI is InChI=1S/C9H15N5O2/c1-2-10-5-8-13-14-9(16-8)12-6-3-7(15)11-4-6/h6,10H,2-5H2,1H3,(H,11,15)(H,12,14). The van der Waals surface area contributed by atoms with E-state index in [1.807, 2.05) is 6.92 Å². The van der Waals surface area contributed by atoms with Crippen molar-refractivity contribution in [1.29, 1.82) is 0 Å². The number of hydrogen-bond acceptors (Lipinski definition) is 6. The lowest BCUT2D eigenvalue weighted by Gasteiger charge is -2.05. The molecule has 2 rings (SSSR count). The number of amides is 1. The summed E-state index contributed by atoms with van der Waals surface area (Å²) in [7, 11) is 0. The van der Waals surface area contributed by atoms with Gasteiger partial charge in [-0.3, -0.25) is 4.79 Å². The van der Waals surface area contributed by atoms with Crippen LogP contribution in [0.3, 0.4) is 0 Å². The number of hydrogen-bond donors (Lipinski definition) is 3. The molecule has 3 N–H and O–H groups in total. The summed E-state index contributed by atoms with van der Waals surface area (Å²) in [6.07, 6.45) is 0.449. The summed E-state index contributed by atoms with van der Waals surface area (Å²) < 4.78 is 5.35. The molecule has 7 heteroatoms. The van der Waals surface area contributed by atoms with Gasteiger partial charge < -0.3 is 20.4 Å². The first-order valence-electron chi connectivity index (χ1n) is 5.34. The molecule has 1 aromatic rings. The molecule has 0 radical (unpaired) electrons. The molecular formula is C9H15N5O2. The number of nitrogens with one attached hydrogen (secondary N) is 3. The Hall–Kier alpha value is -1.63. The first-order chi connectivity index (χ1) is 7.78. The Labute approximate surface area is 93.0 Å². The van der Waals surface area contributed by atoms with Crippen LogP contribution in [0.25, 0.3) is 0 Å². The van der Waals surface area contributed by atoms with Gasteiger partial charge in [-0.05, 0) is 6.54 Å². The van der Waals surface area contributed by atoms with Crippen LogP contribution in [0.4, 0.5) is 6.01 Å². The van der Waals surface area contributed by atoms with Crippen molar-refractivity contribution in [3.05, 3.63) is 5.89 Å². The molecule has 0 bridgehead atoms. The quantitative estimate of drug-likeness (QED) is 0.624. The van der Waals surface area contributed by atoms with Crippen LogP contribution in [0.1, 0.15) is 19.2 Å². The van der Waals surface area contributed by atoms with Crippen LogP contribution < -0.4 is 16.0 Å². The molecule has 16 heavy (non-hydrogen) atoms. The minimum atomic E-state index is 0.0416. The van der Waals surface area contributed by atoms with E-state index in [-0.39, 0.29) is 11.9 Å². The molecule has 0 aliphatic carbocycles. The van der Waals surface area contributed by atoms with E-state index in [1.54, 1.807) is 0 Å². The third-order valence-corrected chi connectivity index (χ3v) is 2.30. The Balaban J connectivity index is 1.85. The number of rotatable bonds is 5. The van der Waals surface area contributed by atoms with Crippen LogP contribution in [0, 0.1) is 0 Å². The monoisotopic (exact) mass is 225 g/mol. The zero-order chi connectivity index (χ0) is 11.4. The van der Waals surface area contributed by atoms with E-state index in [0.29, 0.717) is 31.4 Å². The fraction of sp³-hybridized carbons (Fsp3) is 0.667. The summed E-state index contributed by atoms with van der Waals surface area (Å²) in [6.45, 7) is 4.02. The van der Waals surface area contributed by atoms with Gasteiger partial charge in [-0.25, -0.2) is 0 Å². The van der Waals surface area contributed by atoms with Gasteiger partial charge in [-0.15, -0.1) is 5.10 Å². The first-order valence-corrected chi connectivity index (χ1v) is 5.34. The lowest BCUT2D eigenvalue weighted by Crippen LogP contribution is -2.22. The van der Waals surface area contributed by atoms with Crippen molar-refractivity contribution >= 4 is 11.9 Å². The average molecular weight is 225 g/mol. The molecule has 2 heterocycles. The van der Waals surface area contributed by atoms with Crippen LogP contribution in [0.2, 0.25) is 0 Å². The van der Waals surface area contributed by atoms with Gasteiger partial charge in [0.25, 0.3) is 0 Å². The van der Waals surface area contributed by atoms with E-state index in [0.717, 1.165) is 6.54 Å². The van der Waals surface area contributed by atoms with E-state index >= 15 is 0 Å². The molecule has 1 amide bonds. The minimum Gasteiger partial charge on any atom is -0.407 e. The molecule has 0 aromatic carbocycles. The predicted molar refractivity (Wildman–Crippen MR) is 56.7 cm³/mol. The summed E-state index contributed by atoms with van der Waals surface area (Å²) >= 11 is 0. The number of nitrogens with zero attached hydrogens (tertiary/aromatic N) is 2. The molecule has 0 saturated carbocycles. The Morgan fingerprint density at radius 1 is 1.56 bits per heavy atom. The van der Waals surface area contributed by atoms with Crippen LogP contribution in [-0.4, -0.2) is 35.2 Å². The van der Waals surface area contributed by atoms with Crippen molar-refractivity contribution in [2.75, 3.05) is 18.4 Å². The number of anilines is 1. The van der Waals surface area contributed by atoms with Gasteiger partial charge in [0.2, 0.25) is 11.8 Å². The zero-order valence-corrected chi connectivity index (χ0v) is 9.12. The van der Waals surface area contributed by atoms with Gasteiger partial charge in [0.15, 0.2) is 0 Å². The molecule has 1 atom stereocenters.